The lowest BCUT2D eigenvalue weighted by molar-refractivity contribution is 0.259. The van der Waals surface area contributed by atoms with Crippen LogP contribution in [-0.2, 0) is 10.0 Å². The molecule has 6 heteroatoms. The monoisotopic (exact) mass is 280 g/mol. The average molecular weight is 280 g/mol. The van der Waals surface area contributed by atoms with Gasteiger partial charge in [-0.1, -0.05) is 6.07 Å². The molecule has 1 aromatic carbocycles. The minimum atomic E-state index is -3.52. The standard InChI is InChI=1S/C13H16N2O3S/c14-9-12-2-1-3-13(8-12)19(17,18)15-6-4-11(10-15)5-7-16/h1-3,8,11,16H,4-7,10H2. The Morgan fingerprint density at radius 3 is 2.95 bits per heavy atom. The lowest BCUT2D eigenvalue weighted by atomic mass is 10.1. The maximum Gasteiger partial charge on any atom is 0.243 e. The van der Waals surface area contributed by atoms with Crippen LogP contribution < -0.4 is 0 Å². The molecule has 0 aromatic heterocycles. The van der Waals surface area contributed by atoms with Gasteiger partial charge in [-0.15, -0.1) is 0 Å². The zero-order chi connectivity index (χ0) is 13.9. The number of hydrogen-bond donors (Lipinski definition) is 1. The van der Waals surface area contributed by atoms with Crippen molar-refractivity contribution in [1.82, 2.24) is 4.31 Å². The van der Waals surface area contributed by atoms with Gasteiger partial charge in [-0.2, -0.15) is 9.57 Å². The Bertz CT molecular complexity index is 592. The largest absolute Gasteiger partial charge is 0.396 e. The van der Waals surface area contributed by atoms with Gasteiger partial charge in [-0.05, 0) is 37.0 Å². The molecule has 5 nitrogen and oxygen atoms in total. The summed E-state index contributed by atoms with van der Waals surface area (Å²) < 4.78 is 26.2. The van der Waals surface area contributed by atoms with Gasteiger partial charge in [0.25, 0.3) is 0 Å². The van der Waals surface area contributed by atoms with Crippen LogP contribution in [0.3, 0.4) is 0 Å². The summed E-state index contributed by atoms with van der Waals surface area (Å²) in [6.07, 6.45) is 1.40. The fraction of sp³-hybridized carbons (Fsp3) is 0.462. The second-order valence-corrected chi connectivity index (χ2v) is 6.61. The SMILES string of the molecule is N#Cc1cccc(S(=O)(=O)N2CCC(CCO)C2)c1. The number of sulfonamides is 1. The van der Waals surface area contributed by atoms with E-state index in [9.17, 15) is 8.42 Å². The Labute approximate surface area is 113 Å². The van der Waals surface area contributed by atoms with Crippen LogP contribution in [-0.4, -0.2) is 37.5 Å². The molecule has 0 saturated carbocycles. The van der Waals surface area contributed by atoms with Crippen LogP contribution in [0.4, 0.5) is 0 Å². The second-order valence-electron chi connectivity index (χ2n) is 4.67. The highest BCUT2D eigenvalue weighted by atomic mass is 32.2. The molecule has 1 aliphatic heterocycles. The topological polar surface area (TPSA) is 81.4 Å². The normalized spacial score (nSPS) is 20.3. The van der Waals surface area contributed by atoms with Crippen molar-refractivity contribution in [3.05, 3.63) is 29.8 Å². The summed E-state index contributed by atoms with van der Waals surface area (Å²) in [5.41, 5.74) is 0.340. The third-order valence-electron chi connectivity index (χ3n) is 3.39. The summed E-state index contributed by atoms with van der Waals surface area (Å²) in [6, 6.07) is 8.01. The lowest BCUT2D eigenvalue weighted by Crippen LogP contribution is -2.29. The van der Waals surface area contributed by atoms with Crippen LogP contribution in [0, 0.1) is 17.2 Å². The van der Waals surface area contributed by atoms with Crippen molar-refractivity contribution in [1.29, 1.82) is 5.26 Å². The van der Waals surface area contributed by atoms with E-state index in [4.69, 9.17) is 10.4 Å². The fourth-order valence-corrected chi connectivity index (χ4v) is 3.89. The molecular formula is C13H16N2O3S. The number of aliphatic hydroxyl groups is 1. The second kappa shape index (κ2) is 5.70. The number of rotatable bonds is 4. The molecule has 102 valence electrons. The van der Waals surface area contributed by atoms with Crippen LogP contribution in [0.2, 0.25) is 0 Å². The molecule has 19 heavy (non-hydrogen) atoms. The van der Waals surface area contributed by atoms with E-state index in [1.807, 2.05) is 6.07 Å². The Balaban J connectivity index is 2.21. The fourth-order valence-electron chi connectivity index (χ4n) is 2.31. The molecule has 0 spiro atoms. The van der Waals surface area contributed by atoms with Gasteiger partial charge in [0.05, 0.1) is 16.5 Å². The van der Waals surface area contributed by atoms with Gasteiger partial charge in [0.15, 0.2) is 0 Å². The number of benzene rings is 1. The van der Waals surface area contributed by atoms with E-state index in [2.05, 4.69) is 0 Å². The summed E-state index contributed by atoms with van der Waals surface area (Å²) >= 11 is 0. The Morgan fingerprint density at radius 2 is 2.26 bits per heavy atom. The molecule has 1 aromatic rings. The van der Waals surface area contributed by atoms with Crippen molar-refractivity contribution in [2.45, 2.75) is 17.7 Å². The highest BCUT2D eigenvalue weighted by Gasteiger charge is 2.32. The number of nitriles is 1. The van der Waals surface area contributed by atoms with Crippen molar-refractivity contribution in [3.63, 3.8) is 0 Å². The van der Waals surface area contributed by atoms with Crippen molar-refractivity contribution in [2.75, 3.05) is 19.7 Å². The van der Waals surface area contributed by atoms with E-state index in [-0.39, 0.29) is 17.4 Å². The van der Waals surface area contributed by atoms with Crippen LogP contribution in [0.5, 0.6) is 0 Å². The van der Waals surface area contributed by atoms with E-state index < -0.39 is 10.0 Å². The smallest absolute Gasteiger partial charge is 0.243 e. The molecule has 0 aliphatic carbocycles. The van der Waals surface area contributed by atoms with Crippen molar-refractivity contribution >= 4 is 10.0 Å². The van der Waals surface area contributed by atoms with E-state index in [0.717, 1.165) is 6.42 Å². The summed E-state index contributed by atoms with van der Waals surface area (Å²) in [5, 5.41) is 17.7. The predicted molar refractivity (Wildman–Crippen MR) is 69.7 cm³/mol. The molecule has 0 bridgehead atoms. The molecule has 1 heterocycles. The highest BCUT2D eigenvalue weighted by molar-refractivity contribution is 7.89. The van der Waals surface area contributed by atoms with Gasteiger partial charge in [0.2, 0.25) is 10.0 Å². The molecule has 1 saturated heterocycles. The first-order valence-corrected chi connectivity index (χ1v) is 7.63. The van der Waals surface area contributed by atoms with E-state index in [0.29, 0.717) is 25.1 Å². The predicted octanol–water partition coefficient (Wildman–Crippen LogP) is 0.951. The van der Waals surface area contributed by atoms with Crippen molar-refractivity contribution in [2.24, 2.45) is 5.92 Å². The van der Waals surface area contributed by atoms with Gasteiger partial charge < -0.3 is 5.11 Å². The van der Waals surface area contributed by atoms with E-state index in [1.165, 1.54) is 16.4 Å². The molecular weight excluding hydrogens is 264 g/mol. The van der Waals surface area contributed by atoms with Crippen molar-refractivity contribution < 1.29 is 13.5 Å². The van der Waals surface area contributed by atoms with Crippen LogP contribution in [0.15, 0.2) is 29.2 Å². The molecule has 2 rings (SSSR count). The first-order chi connectivity index (χ1) is 9.07. The van der Waals surface area contributed by atoms with Crippen LogP contribution in [0.1, 0.15) is 18.4 Å². The third-order valence-corrected chi connectivity index (χ3v) is 5.25. The van der Waals surface area contributed by atoms with Crippen molar-refractivity contribution in [3.8, 4) is 6.07 Å². The molecule has 1 fully saturated rings. The molecule has 0 radical (unpaired) electrons. The Kier molecular flexibility index (Phi) is 4.20. The van der Waals surface area contributed by atoms with Crippen LogP contribution >= 0.6 is 0 Å². The molecule has 1 aliphatic rings. The number of hydrogen-bond acceptors (Lipinski definition) is 4. The van der Waals surface area contributed by atoms with Gasteiger partial charge in [0, 0.05) is 19.7 Å². The van der Waals surface area contributed by atoms with Gasteiger partial charge in [-0.25, -0.2) is 8.42 Å². The highest BCUT2D eigenvalue weighted by Crippen LogP contribution is 2.26. The van der Waals surface area contributed by atoms with Gasteiger partial charge in [-0.3, -0.25) is 0 Å². The Morgan fingerprint density at radius 1 is 1.47 bits per heavy atom. The summed E-state index contributed by atoms with van der Waals surface area (Å²) in [6.45, 7) is 1.01. The molecule has 0 amide bonds. The molecule has 1 atom stereocenters. The van der Waals surface area contributed by atoms with Gasteiger partial charge in [0.1, 0.15) is 0 Å². The van der Waals surface area contributed by atoms with Crippen LogP contribution in [0.25, 0.3) is 0 Å². The average Bonchev–Trinajstić information content (AvgIpc) is 2.88. The lowest BCUT2D eigenvalue weighted by Gasteiger charge is -2.16. The van der Waals surface area contributed by atoms with E-state index in [1.54, 1.807) is 12.1 Å². The summed E-state index contributed by atoms with van der Waals surface area (Å²) in [4.78, 5) is 0.163. The first-order valence-electron chi connectivity index (χ1n) is 6.19. The zero-order valence-corrected chi connectivity index (χ0v) is 11.3. The summed E-state index contributed by atoms with van der Waals surface area (Å²) in [5.74, 6) is 0.221. The Hall–Kier alpha value is -1.42. The summed E-state index contributed by atoms with van der Waals surface area (Å²) in [7, 11) is -3.52. The molecule has 1 N–H and O–H groups in total. The first kappa shape index (κ1) is 14.0. The number of nitrogens with zero attached hydrogens (tertiary/aromatic N) is 2. The number of aliphatic hydroxyl groups excluding tert-OH is 1. The maximum absolute atomic E-state index is 12.4. The maximum atomic E-state index is 12.4. The van der Waals surface area contributed by atoms with Gasteiger partial charge >= 0.3 is 0 Å². The minimum Gasteiger partial charge on any atom is -0.396 e. The quantitative estimate of drug-likeness (QED) is 0.890. The molecule has 1 unspecified atom stereocenters. The third kappa shape index (κ3) is 2.95. The minimum absolute atomic E-state index is 0.0858. The zero-order valence-electron chi connectivity index (χ0n) is 10.5. The van der Waals surface area contributed by atoms with E-state index >= 15 is 0 Å².